The van der Waals surface area contributed by atoms with Gasteiger partial charge in [0.05, 0.1) is 6.54 Å². The molecule has 1 N–H and O–H groups in total. The van der Waals surface area contributed by atoms with Crippen LogP contribution in [0, 0.1) is 6.92 Å². The van der Waals surface area contributed by atoms with Crippen molar-refractivity contribution >= 4 is 5.91 Å². The fourth-order valence-corrected chi connectivity index (χ4v) is 2.22. The van der Waals surface area contributed by atoms with E-state index in [1.165, 1.54) is 5.56 Å². The SMILES string of the molecule is Cc1ccccc1C(=O)NCCOc1cccc(C(C)C)c1. The predicted molar refractivity (Wildman–Crippen MR) is 89.5 cm³/mol. The second-order valence-corrected chi connectivity index (χ2v) is 5.65. The Morgan fingerprint density at radius 2 is 1.91 bits per heavy atom. The number of hydrogen-bond acceptors (Lipinski definition) is 2. The van der Waals surface area contributed by atoms with Crippen LogP contribution in [-0.4, -0.2) is 19.1 Å². The van der Waals surface area contributed by atoms with Gasteiger partial charge in [-0.2, -0.15) is 0 Å². The fourth-order valence-electron chi connectivity index (χ4n) is 2.22. The lowest BCUT2D eigenvalue weighted by Crippen LogP contribution is -2.28. The zero-order valence-electron chi connectivity index (χ0n) is 13.4. The Hall–Kier alpha value is -2.29. The first kappa shape index (κ1) is 16.1. The van der Waals surface area contributed by atoms with Crippen molar-refractivity contribution in [3.05, 3.63) is 65.2 Å². The summed E-state index contributed by atoms with van der Waals surface area (Å²) in [5.74, 6) is 1.26. The number of hydrogen-bond donors (Lipinski definition) is 1. The third-order valence-electron chi connectivity index (χ3n) is 3.57. The molecular weight excluding hydrogens is 274 g/mol. The second-order valence-electron chi connectivity index (χ2n) is 5.65. The molecule has 0 aromatic heterocycles. The highest BCUT2D eigenvalue weighted by Gasteiger charge is 2.07. The molecule has 2 aromatic carbocycles. The molecule has 0 radical (unpaired) electrons. The van der Waals surface area contributed by atoms with Crippen molar-refractivity contribution in [2.75, 3.05) is 13.2 Å². The summed E-state index contributed by atoms with van der Waals surface area (Å²) in [6.07, 6.45) is 0. The molecule has 0 aliphatic carbocycles. The highest BCUT2D eigenvalue weighted by atomic mass is 16.5. The summed E-state index contributed by atoms with van der Waals surface area (Å²) >= 11 is 0. The molecule has 0 aliphatic rings. The Labute approximate surface area is 132 Å². The monoisotopic (exact) mass is 297 g/mol. The summed E-state index contributed by atoms with van der Waals surface area (Å²) in [6, 6.07) is 15.6. The van der Waals surface area contributed by atoms with E-state index in [9.17, 15) is 4.79 Å². The molecule has 0 fully saturated rings. The van der Waals surface area contributed by atoms with Gasteiger partial charge in [0.15, 0.2) is 0 Å². The van der Waals surface area contributed by atoms with Crippen LogP contribution in [0.1, 0.15) is 41.3 Å². The van der Waals surface area contributed by atoms with E-state index in [0.29, 0.717) is 24.6 Å². The highest BCUT2D eigenvalue weighted by Crippen LogP contribution is 2.19. The zero-order chi connectivity index (χ0) is 15.9. The van der Waals surface area contributed by atoms with E-state index in [1.807, 2.05) is 49.4 Å². The molecule has 1 amide bonds. The molecule has 0 saturated heterocycles. The number of aryl methyl sites for hydroxylation is 1. The van der Waals surface area contributed by atoms with Gasteiger partial charge in [0, 0.05) is 5.56 Å². The molecular formula is C19H23NO2. The Balaban J connectivity index is 1.81. The lowest BCUT2D eigenvalue weighted by molar-refractivity contribution is 0.0946. The lowest BCUT2D eigenvalue weighted by atomic mass is 10.0. The second kappa shape index (κ2) is 7.64. The van der Waals surface area contributed by atoms with Crippen LogP contribution in [0.5, 0.6) is 5.75 Å². The van der Waals surface area contributed by atoms with E-state index in [-0.39, 0.29) is 5.91 Å². The minimum Gasteiger partial charge on any atom is -0.492 e. The van der Waals surface area contributed by atoms with Crippen LogP contribution in [0.2, 0.25) is 0 Å². The number of rotatable bonds is 6. The van der Waals surface area contributed by atoms with E-state index in [4.69, 9.17) is 4.74 Å². The molecule has 0 unspecified atom stereocenters. The van der Waals surface area contributed by atoms with Crippen LogP contribution in [0.15, 0.2) is 48.5 Å². The zero-order valence-corrected chi connectivity index (χ0v) is 13.4. The van der Waals surface area contributed by atoms with Crippen LogP contribution < -0.4 is 10.1 Å². The molecule has 116 valence electrons. The first-order valence-corrected chi connectivity index (χ1v) is 7.64. The minimum absolute atomic E-state index is 0.0577. The van der Waals surface area contributed by atoms with Crippen LogP contribution in [0.25, 0.3) is 0 Å². The highest BCUT2D eigenvalue weighted by molar-refractivity contribution is 5.95. The van der Waals surface area contributed by atoms with Gasteiger partial charge >= 0.3 is 0 Å². The quantitative estimate of drug-likeness (QED) is 0.821. The van der Waals surface area contributed by atoms with E-state index in [0.717, 1.165) is 11.3 Å². The average molecular weight is 297 g/mol. The Bertz CT molecular complexity index is 635. The number of carbonyl (C=O) groups excluding carboxylic acids is 1. The van der Waals surface area contributed by atoms with Gasteiger partial charge in [0.2, 0.25) is 0 Å². The van der Waals surface area contributed by atoms with Crippen molar-refractivity contribution in [3.8, 4) is 5.75 Å². The van der Waals surface area contributed by atoms with E-state index >= 15 is 0 Å². The Morgan fingerprint density at radius 3 is 2.64 bits per heavy atom. The fraction of sp³-hybridized carbons (Fsp3) is 0.316. The third-order valence-corrected chi connectivity index (χ3v) is 3.57. The van der Waals surface area contributed by atoms with Crippen molar-refractivity contribution in [2.45, 2.75) is 26.7 Å². The van der Waals surface area contributed by atoms with Gasteiger partial charge in [-0.15, -0.1) is 0 Å². The van der Waals surface area contributed by atoms with Gasteiger partial charge in [-0.1, -0.05) is 44.2 Å². The Kier molecular flexibility index (Phi) is 5.59. The normalized spacial score (nSPS) is 10.5. The van der Waals surface area contributed by atoms with Gasteiger partial charge in [0.1, 0.15) is 12.4 Å². The summed E-state index contributed by atoms with van der Waals surface area (Å²) in [5, 5.41) is 2.88. The van der Waals surface area contributed by atoms with Crippen LogP contribution in [0.4, 0.5) is 0 Å². The van der Waals surface area contributed by atoms with Gasteiger partial charge < -0.3 is 10.1 Å². The third kappa shape index (κ3) is 4.35. The number of amides is 1. The van der Waals surface area contributed by atoms with Crippen LogP contribution in [-0.2, 0) is 0 Å². The van der Waals surface area contributed by atoms with Crippen LogP contribution >= 0.6 is 0 Å². The molecule has 2 aromatic rings. The maximum Gasteiger partial charge on any atom is 0.251 e. The molecule has 0 bridgehead atoms. The standard InChI is InChI=1S/C19H23NO2/c1-14(2)16-8-6-9-17(13-16)22-12-11-20-19(21)18-10-5-4-7-15(18)3/h4-10,13-14H,11-12H2,1-3H3,(H,20,21). The molecule has 0 saturated carbocycles. The van der Waals surface area contributed by atoms with Gasteiger partial charge in [-0.05, 0) is 42.2 Å². The van der Waals surface area contributed by atoms with E-state index in [2.05, 4.69) is 25.2 Å². The summed E-state index contributed by atoms with van der Waals surface area (Å²) in [7, 11) is 0. The molecule has 2 rings (SSSR count). The maximum atomic E-state index is 12.1. The summed E-state index contributed by atoms with van der Waals surface area (Å²) < 4.78 is 5.70. The Morgan fingerprint density at radius 1 is 1.14 bits per heavy atom. The topological polar surface area (TPSA) is 38.3 Å². The lowest BCUT2D eigenvalue weighted by Gasteiger charge is -2.11. The summed E-state index contributed by atoms with van der Waals surface area (Å²) in [4.78, 5) is 12.1. The predicted octanol–water partition coefficient (Wildman–Crippen LogP) is 3.93. The van der Waals surface area contributed by atoms with Crippen molar-refractivity contribution < 1.29 is 9.53 Å². The van der Waals surface area contributed by atoms with Crippen molar-refractivity contribution in [1.29, 1.82) is 0 Å². The maximum absolute atomic E-state index is 12.1. The van der Waals surface area contributed by atoms with Crippen molar-refractivity contribution in [2.24, 2.45) is 0 Å². The summed E-state index contributed by atoms with van der Waals surface area (Å²) in [5.41, 5.74) is 2.94. The van der Waals surface area contributed by atoms with Crippen molar-refractivity contribution in [3.63, 3.8) is 0 Å². The largest absolute Gasteiger partial charge is 0.492 e. The van der Waals surface area contributed by atoms with Gasteiger partial charge in [-0.3, -0.25) is 4.79 Å². The van der Waals surface area contributed by atoms with Crippen LogP contribution in [0.3, 0.4) is 0 Å². The molecule has 22 heavy (non-hydrogen) atoms. The first-order chi connectivity index (χ1) is 10.6. The number of benzene rings is 2. The van der Waals surface area contributed by atoms with E-state index < -0.39 is 0 Å². The summed E-state index contributed by atoms with van der Waals surface area (Å²) in [6.45, 7) is 7.18. The first-order valence-electron chi connectivity index (χ1n) is 7.64. The van der Waals surface area contributed by atoms with Gasteiger partial charge in [-0.25, -0.2) is 0 Å². The van der Waals surface area contributed by atoms with Crippen molar-refractivity contribution in [1.82, 2.24) is 5.32 Å². The molecule has 0 heterocycles. The smallest absolute Gasteiger partial charge is 0.251 e. The number of nitrogens with one attached hydrogen (secondary N) is 1. The molecule has 0 aliphatic heterocycles. The average Bonchev–Trinajstić information content (AvgIpc) is 2.52. The van der Waals surface area contributed by atoms with E-state index in [1.54, 1.807) is 0 Å². The molecule has 3 nitrogen and oxygen atoms in total. The molecule has 0 atom stereocenters. The minimum atomic E-state index is -0.0577. The number of carbonyl (C=O) groups is 1. The number of ether oxygens (including phenoxy) is 1. The van der Waals surface area contributed by atoms with Gasteiger partial charge in [0.25, 0.3) is 5.91 Å². The molecule has 3 heteroatoms. The molecule has 0 spiro atoms.